The second-order valence-corrected chi connectivity index (χ2v) is 3.18. The van der Waals surface area contributed by atoms with Crippen molar-refractivity contribution in [3.05, 3.63) is 35.4 Å². The Kier molecular flexibility index (Phi) is 3.87. The van der Waals surface area contributed by atoms with E-state index in [4.69, 9.17) is 5.26 Å². The van der Waals surface area contributed by atoms with E-state index in [1.54, 1.807) is 12.1 Å². The lowest BCUT2D eigenvalue weighted by molar-refractivity contribution is -0.140. The van der Waals surface area contributed by atoms with Crippen LogP contribution in [-0.2, 0) is 16.0 Å². The van der Waals surface area contributed by atoms with Crippen LogP contribution in [-0.4, -0.2) is 13.1 Å². The van der Waals surface area contributed by atoms with Crippen molar-refractivity contribution >= 4 is 5.97 Å². The highest BCUT2D eigenvalue weighted by Crippen LogP contribution is 2.17. The number of methoxy groups -OCH3 is 1. The molecule has 1 aromatic carbocycles. The van der Waals surface area contributed by atoms with Crippen molar-refractivity contribution in [1.29, 1.82) is 5.26 Å². The first-order chi connectivity index (χ1) is 7.22. The summed E-state index contributed by atoms with van der Waals surface area (Å²) in [6.07, 6.45) is 0.940. The molecule has 1 unspecified atom stereocenters. The van der Waals surface area contributed by atoms with Gasteiger partial charge in [0.05, 0.1) is 13.2 Å². The van der Waals surface area contributed by atoms with Crippen molar-refractivity contribution in [2.75, 3.05) is 7.11 Å². The summed E-state index contributed by atoms with van der Waals surface area (Å²) < 4.78 is 4.55. The van der Waals surface area contributed by atoms with Crippen molar-refractivity contribution in [2.45, 2.75) is 19.3 Å². The average molecular weight is 203 g/mol. The van der Waals surface area contributed by atoms with Crippen molar-refractivity contribution < 1.29 is 9.53 Å². The van der Waals surface area contributed by atoms with E-state index in [9.17, 15) is 4.79 Å². The van der Waals surface area contributed by atoms with Gasteiger partial charge in [-0.3, -0.25) is 4.79 Å². The smallest absolute Gasteiger partial charge is 0.327 e. The van der Waals surface area contributed by atoms with Crippen LogP contribution in [0.2, 0.25) is 0 Å². The summed E-state index contributed by atoms with van der Waals surface area (Å²) in [5.74, 6) is -1.33. The molecule has 0 fully saturated rings. The minimum absolute atomic E-state index is 0.512. The number of esters is 1. The van der Waals surface area contributed by atoms with Crippen LogP contribution < -0.4 is 0 Å². The molecule has 0 heterocycles. The first kappa shape index (κ1) is 11.3. The average Bonchev–Trinajstić information content (AvgIpc) is 2.30. The lowest BCUT2D eigenvalue weighted by atomic mass is 9.99. The van der Waals surface area contributed by atoms with Gasteiger partial charge in [-0.1, -0.05) is 31.2 Å². The Morgan fingerprint density at radius 1 is 1.47 bits per heavy atom. The molecule has 0 aromatic heterocycles. The number of nitrogens with zero attached hydrogens (tertiary/aromatic N) is 1. The molecule has 1 atom stereocenters. The summed E-state index contributed by atoms with van der Waals surface area (Å²) in [7, 11) is 1.28. The maximum absolute atomic E-state index is 11.3. The van der Waals surface area contributed by atoms with E-state index >= 15 is 0 Å². The summed E-state index contributed by atoms with van der Waals surface area (Å²) >= 11 is 0. The molecule has 0 aliphatic heterocycles. The van der Waals surface area contributed by atoms with Crippen molar-refractivity contribution in [1.82, 2.24) is 0 Å². The lowest BCUT2D eigenvalue weighted by Gasteiger charge is -2.07. The van der Waals surface area contributed by atoms with Crippen molar-refractivity contribution in [3.63, 3.8) is 0 Å². The van der Waals surface area contributed by atoms with Crippen LogP contribution in [0.15, 0.2) is 24.3 Å². The van der Waals surface area contributed by atoms with Gasteiger partial charge in [0.15, 0.2) is 5.92 Å². The summed E-state index contributed by atoms with van der Waals surface area (Å²) in [5, 5.41) is 8.86. The van der Waals surface area contributed by atoms with Crippen molar-refractivity contribution in [2.24, 2.45) is 0 Å². The fourth-order valence-electron chi connectivity index (χ4n) is 1.33. The van der Waals surface area contributed by atoms with E-state index in [-0.39, 0.29) is 0 Å². The molecule has 15 heavy (non-hydrogen) atoms. The summed E-state index contributed by atoms with van der Waals surface area (Å²) in [6.45, 7) is 2.05. The fraction of sp³-hybridized carbons (Fsp3) is 0.333. The molecule has 78 valence electrons. The second-order valence-electron chi connectivity index (χ2n) is 3.18. The molecule has 0 radical (unpaired) electrons. The first-order valence-electron chi connectivity index (χ1n) is 4.79. The zero-order valence-corrected chi connectivity index (χ0v) is 8.86. The fourth-order valence-corrected chi connectivity index (χ4v) is 1.33. The second kappa shape index (κ2) is 5.16. The molecule has 0 aliphatic carbocycles. The van der Waals surface area contributed by atoms with E-state index in [1.807, 2.05) is 18.2 Å². The Bertz CT molecular complexity index is 376. The van der Waals surface area contributed by atoms with E-state index in [0.717, 1.165) is 6.42 Å². The van der Waals surface area contributed by atoms with Crippen LogP contribution in [0.25, 0.3) is 0 Å². The SMILES string of the molecule is CCc1ccc(C(C#N)C(=O)OC)cc1. The highest BCUT2D eigenvalue weighted by atomic mass is 16.5. The van der Waals surface area contributed by atoms with Crippen LogP contribution in [0.1, 0.15) is 24.0 Å². The molecule has 3 nitrogen and oxygen atoms in total. The maximum Gasteiger partial charge on any atom is 0.327 e. The number of hydrogen-bond acceptors (Lipinski definition) is 3. The van der Waals surface area contributed by atoms with Gasteiger partial charge in [-0.15, -0.1) is 0 Å². The van der Waals surface area contributed by atoms with E-state index < -0.39 is 11.9 Å². The predicted octanol–water partition coefficient (Wildman–Crippen LogP) is 2.03. The zero-order valence-electron chi connectivity index (χ0n) is 8.86. The number of nitriles is 1. The van der Waals surface area contributed by atoms with Crippen LogP contribution in [0.3, 0.4) is 0 Å². The molecule has 3 heteroatoms. The van der Waals surface area contributed by atoms with Gasteiger partial charge in [0.1, 0.15) is 0 Å². The number of ether oxygens (including phenoxy) is 1. The number of aryl methyl sites for hydroxylation is 1. The molecule has 0 spiro atoms. The predicted molar refractivity (Wildman–Crippen MR) is 56.2 cm³/mol. The number of carbonyl (C=O) groups is 1. The Hall–Kier alpha value is -1.82. The topological polar surface area (TPSA) is 50.1 Å². The van der Waals surface area contributed by atoms with Gasteiger partial charge < -0.3 is 4.74 Å². The molecule has 0 saturated heterocycles. The van der Waals surface area contributed by atoms with Gasteiger partial charge in [0.25, 0.3) is 0 Å². The van der Waals surface area contributed by atoms with Crippen LogP contribution in [0.4, 0.5) is 0 Å². The van der Waals surface area contributed by atoms with Gasteiger partial charge in [0.2, 0.25) is 0 Å². The molecule has 0 saturated carbocycles. The van der Waals surface area contributed by atoms with Gasteiger partial charge in [-0.05, 0) is 17.5 Å². The highest BCUT2D eigenvalue weighted by molar-refractivity contribution is 5.81. The Balaban J connectivity index is 2.94. The zero-order chi connectivity index (χ0) is 11.3. The minimum atomic E-state index is -0.819. The van der Waals surface area contributed by atoms with Gasteiger partial charge in [0, 0.05) is 0 Å². The number of rotatable bonds is 3. The van der Waals surface area contributed by atoms with Crippen LogP contribution in [0, 0.1) is 11.3 Å². The summed E-state index contributed by atoms with van der Waals surface area (Å²) in [4.78, 5) is 11.3. The quantitative estimate of drug-likeness (QED) is 0.706. The molecule has 0 N–H and O–H groups in total. The number of benzene rings is 1. The third-order valence-corrected chi connectivity index (χ3v) is 2.29. The molecular formula is C12H13NO2. The van der Waals surface area contributed by atoms with Gasteiger partial charge in [-0.25, -0.2) is 0 Å². The monoisotopic (exact) mass is 203 g/mol. The standard InChI is InChI=1S/C12H13NO2/c1-3-9-4-6-10(7-5-9)11(8-13)12(14)15-2/h4-7,11H,3H2,1-2H3. The molecule has 0 amide bonds. The Labute approximate surface area is 89.3 Å². The van der Waals surface area contributed by atoms with E-state index in [0.29, 0.717) is 5.56 Å². The van der Waals surface area contributed by atoms with E-state index in [2.05, 4.69) is 11.7 Å². The minimum Gasteiger partial charge on any atom is -0.468 e. The largest absolute Gasteiger partial charge is 0.468 e. The third kappa shape index (κ3) is 2.57. The Morgan fingerprint density at radius 3 is 2.47 bits per heavy atom. The molecule has 0 aliphatic rings. The normalized spacial score (nSPS) is 11.5. The van der Waals surface area contributed by atoms with Gasteiger partial charge >= 0.3 is 5.97 Å². The molecule has 1 rings (SSSR count). The third-order valence-electron chi connectivity index (χ3n) is 2.29. The number of hydrogen-bond donors (Lipinski definition) is 0. The molecular weight excluding hydrogens is 190 g/mol. The highest BCUT2D eigenvalue weighted by Gasteiger charge is 2.20. The van der Waals surface area contributed by atoms with Crippen LogP contribution in [0.5, 0.6) is 0 Å². The lowest BCUT2D eigenvalue weighted by Crippen LogP contribution is -2.12. The number of carbonyl (C=O) groups excluding carboxylic acids is 1. The van der Waals surface area contributed by atoms with E-state index in [1.165, 1.54) is 12.7 Å². The first-order valence-corrected chi connectivity index (χ1v) is 4.79. The Morgan fingerprint density at radius 2 is 2.07 bits per heavy atom. The summed E-state index contributed by atoms with van der Waals surface area (Å²) in [6, 6.07) is 9.36. The molecule has 1 aromatic rings. The molecule has 0 bridgehead atoms. The summed E-state index contributed by atoms with van der Waals surface area (Å²) in [5.41, 5.74) is 1.86. The van der Waals surface area contributed by atoms with Gasteiger partial charge in [-0.2, -0.15) is 5.26 Å². The van der Waals surface area contributed by atoms with Crippen LogP contribution >= 0.6 is 0 Å². The maximum atomic E-state index is 11.3. The van der Waals surface area contributed by atoms with Crippen molar-refractivity contribution in [3.8, 4) is 6.07 Å².